The summed E-state index contributed by atoms with van der Waals surface area (Å²) >= 11 is 0. The summed E-state index contributed by atoms with van der Waals surface area (Å²) < 4.78 is 0. The van der Waals surface area contributed by atoms with Crippen LogP contribution in [0.25, 0.3) is 67.6 Å². The highest BCUT2D eigenvalue weighted by atomic mass is 15.0. The third-order valence-electron chi connectivity index (χ3n) is 6.98. The van der Waals surface area contributed by atoms with E-state index in [0.29, 0.717) is 45.4 Å². The first kappa shape index (κ1) is 26.7. The topological polar surface area (TPSA) is 77.3 Å². The highest BCUT2D eigenvalue weighted by Gasteiger charge is 2.12. The fourth-order valence-corrected chi connectivity index (χ4v) is 4.93. The van der Waals surface area contributed by atoms with Crippen molar-refractivity contribution in [3.8, 4) is 45.0 Å². The average Bonchev–Trinajstić information content (AvgIpc) is 3.09. The van der Waals surface area contributed by atoms with Gasteiger partial charge in [-0.05, 0) is 24.3 Å². The Morgan fingerprint density at radius 2 is 0.432 bits per heavy atom. The Morgan fingerprint density at radius 1 is 0.205 bits per heavy atom. The zero-order valence-electron chi connectivity index (χ0n) is 23.7. The molecular weight excluding hydrogens is 540 g/mol. The molecular formula is C38H26N6. The molecule has 44 heavy (non-hydrogen) atoms. The minimum Gasteiger partial charge on any atom is -0.226 e. The summed E-state index contributed by atoms with van der Waals surface area (Å²) in [6.07, 6.45) is 0. The second-order valence-corrected chi connectivity index (χ2v) is 10.0. The van der Waals surface area contributed by atoms with E-state index in [1.165, 1.54) is 0 Å². The van der Waals surface area contributed by atoms with E-state index < -0.39 is 0 Å². The molecule has 0 fully saturated rings. The lowest BCUT2D eigenvalue weighted by atomic mass is 10.0. The summed E-state index contributed by atoms with van der Waals surface area (Å²) in [6.45, 7) is 0. The zero-order chi connectivity index (χ0) is 29.6. The van der Waals surface area contributed by atoms with Crippen molar-refractivity contribution < 1.29 is 0 Å². The van der Waals surface area contributed by atoms with Gasteiger partial charge < -0.3 is 0 Å². The molecule has 0 unspecified atom stereocenters. The summed E-state index contributed by atoms with van der Waals surface area (Å²) in [4.78, 5) is 30.2. The molecule has 0 radical (unpaired) electrons. The van der Waals surface area contributed by atoms with Crippen LogP contribution < -0.4 is 0 Å². The first-order valence-corrected chi connectivity index (χ1v) is 14.3. The van der Waals surface area contributed by atoms with E-state index >= 15 is 0 Å². The monoisotopic (exact) mass is 566 g/mol. The van der Waals surface area contributed by atoms with Crippen LogP contribution in [0.4, 0.5) is 0 Å². The van der Waals surface area contributed by atoms with E-state index in [9.17, 15) is 0 Å². The molecule has 0 atom stereocenters. The summed E-state index contributed by atoms with van der Waals surface area (Å²) in [6, 6.07) is 51.4. The molecule has 7 aromatic rings. The molecule has 4 aromatic carbocycles. The predicted molar refractivity (Wildman–Crippen MR) is 176 cm³/mol. The summed E-state index contributed by atoms with van der Waals surface area (Å²) in [5.41, 5.74) is 8.36. The van der Waals surface area contributed by atoms with Crippen LogP contribution in [0.2, 0.25) is 0 Å². The Kier molecular flexibility index (Phi) is 7.53. The van der Waals surface area contributed by atoms with Crippen LogP contribution >= 0.6 is 0 Å². The lowest BCUT2D eigenvalue weighted by Crippen LogP contribution is -1.95. The van der Waals surface area contributed by atoms with Crippen molar-refractivity contribution >= 4 is 22.6 Å². The van der Waals surface area contributed by atoms with E-state index in [2.05, 4.69) is 0 Å². The average molecular weight is 567 g/mol. The van der Waals surface area contributed by atoms with Crippen molar-refractivity contribution in [3.63, 3.8) is 0 Å². The van der Waals surface area contributed by atoms with Crippen LogP contribution in [0.15, 0.2) is 158 Å². The van der Waals surface area contributed by atoms with E-state index in [1.807, 2.05) is 158 Å². The maximum Gasteiger partial charge on any atom is 0.155 e. The Balaban J connectivity index is 1.67. The normalized spacial score (nSPS) is 10.7. The summed E-state index contributed by atoms with van der Waals surface area (Å²) in [7, 11) is 0. The highest BCUT2D eigenvalue weighted by molar-refractivity contribution is 5.81. The number of pyridine rings is 2. The van der Waals surface area contributed by atoms with Crippen molar-refractivity contribution in [2.45, 2.75) is 0 Å². The van der Waals surface area contributed by atoms with Gasteiger partial charge in [0.1, 0.15) is 0 Å². The quantitative estimate of drug-likeness (QED) is 0.212. The number of benzene rings is 4. The van der Waals surface area contributed by atoms with Gasteiger partial charge in [0.15, 0.2) is 22.6 Å². The number of hydrogen-bond acceptors (Lipinski definition) is 6. The molecule has 0 aliphatic heterocycles. The first-order valence-electron chi connectivity index (χ1n) is 14.3. The standard InChI is InChI=1S/C38H26N6/c1-5-15-27(16-6-1)35-36(28-17-7-2-8-18-28)42-32-24-14-26-34(40-32)44-38(30-21-11-4-12-22-30)37(29-19-9-3-10-20-29)43-33-25-13-23-31(39-33)41-35/h1-26H. The third-order valence-corrected chi connectivity index (χ3v) is 6.98. The molecule has 0 aliphatic rings. The van der Waals surface area contributed by atoms with Gasteiger partial charge in [-0.1, -0.05) is 133 Å². The van der Waals surface area contributed by atoms with Crippen molar-refractivity contribution in [3.05, 3.63) is 158 Å². The molecule has 0 aliphatic carbocycles. The molecule has 0 amide bonds. The number of rotatable bonds is 4. The fourth-order valence-electron chi connectivity index (χ4n) is 4.93. The molecule has 6 nitrogen and oxygen atoms in total. The van der Waals surface area contributed by atoms with Gasteiger partial charge in [0.2, 0.25) is 0 Å². The minimum absolute atomic E-state index is 0.512. The van der Waals surface area contributed by atoms with Gasteiger partial charge in [-0.15, -0.1) is 0 Å². The number of aromatic nitrogens is 6. The van der Waals surface area contributed by atoms with Gasteiger partial charge in [-0.3, -0.25) is 0 Å². The molecule has 4 bridgehead atoms. The van der Waals surface area contributed by atoms with Gasteiger partial charge in [0.25, 0.3) is 0 Å². The van der Waals surface area contributed by atoms with Crippen LogP contribution in [-0.4, -0.2) is 29.9 Å². The molecule has 6 heteroatoms. The first-order chi connectivity index (χ1) is 21.8. The van der Waals surface area contributed by atoms with Crippen LogP contribution in [0, 0.1) is 0 Å². The minimum atomic E-state index is 0.512. The lowest BCUT2D eigenvalue weighted by molar-refractivity contribution is 1.21. The number of nitrogens with zero attached hydrogens (tertiary/aromatic N) is 6. The highest BCUT2D eigenvalue weighted by Crippen LogP contribution is 2.30. The molecule has 0 saturated carbocycles. The molecule has 208 valence electrons. The van der Waals surface area contributed by atoms with E-state index in [0.717, 1.165) is 22.3 Å². The summed E-state index contributed by atoms with van der Waals surface area (Å²) in [5, 5.41) is 0. The Hall–Kier alpha value is -6.14. The number of fused-ring (bicyclic) bond motifs is 4. The SMILES string of the molecule is c1ccc(-c2nc3cccc(nc(-c4ccccc4)c(-c4ccccc4)nc4cccc(nc2-c2ccccc2)n4)n3)cc1. The Labute approximate surface area is 254 Å². The van der Waals surface area contributed by atoms with Crippen LogP contribution in [0.5, 0.6) is 0 Å². The second kappa shape index (κ2) is 12.4. The molecule has 0 spiro atoms. The van der Waals surface area contributed by atoms with Crippen molar-refractivity contribution in [1.29, 1.82) is 0 Å². The van der Waals surface area contributed by atoms with Gasteiger partial charge in [-0.25, -0.2) is 29.9 Å². The van der Waals surface area contributed by atoms with Crippen LogP contribution in [0.3, 0.4) is 0 Å². The van der Waals surface area contributed by atoms with Gasteiger partial charge >= 0.3 is 0 Å². The zero-order valence-corrected chi connectivity index (χ0v) is 23.7. The van der Waals surface area contributed by atoms with Gasteiger partial charge in [0.05, 0.1) is 22.8 Å². The largest absolute Gasteiger partial charge is 0.226 e. The van der Waals surface area contributed by atoms with Gasteiger partial charge in [0, 0.05) is 22.3 Å². The van der Waals surface area contributed by atoms with E-state index in [-0.39, 0.29) is 0 Å². The van der Waals surface area contributed by atoms with Crippen molar-refractivity contribution in [1.82, 2.24) is 29.9 Å². The van der Waals surface area contributed by atoms with Crippen molar-refractivity contribution in [2.75, 3.05) is 0 Å². The fraction of sp³-hybridized carbons (Fsp3) is 0. The Morgan fingerprint density at radius 3 is 0.659 bits per heavy atom. The maximum atomic E-state index is 5.11. The smallest absolute Gasteiger partial charge is 0.155 e. The third kappa shape index (κ3) is 5.91. The van der Waals surface area contributed by atoms with Crippen LogP contribution in [-0.2, 0) is 0 Å². The van der Waals surface area contributed by atoms with E-state index in [1.54, 1.807) is 0 Å². The van der Waals surface area contributed by atoms with E-state index in [4.69, 9.17) is 29.9 Å². The molecule has 3 aromatic heterocycles. The summed E-state index contributed by atoms with van der Waals surface area (Å²) in [5.74, 6) is 0. The second-order valence-electron chi connectivity index (χ2n) is 10.0. The molecule has 3 heterocycles. The van der Waals surface area contributed by atoms with Crippen LogP contribution in [0.1, 0.15) is 0 Å². The molecule has 0 N–H and O–H groups in total. The van der Waals surface area contributed by atoms with Gasteiger partial charge in [-0.2, -0.15) is 0 Å². The lowest BCUT2D eigenvalue weighted by Gasteiger charge is -2.08. The predicted octanol–water partition coefficient (Wildman–Crippen LogP) is 8.72. The Bertz CT molecular complexity index is 1850. The molecule has 0 saturated heterocycles. The maximum absolute atomic E-state index is 5.11. The number of hydrogen-bond donors (Lipinski definition) is 0. The molecule has 7 rings (SSSR count). The van der Waals surface area contributed by atoms with Crippen molar-refractivity contribution in [2.24, 2.45) is 0 Å².